The predicted molar refractivity (Wildman–Crippen MR) is 64.7 cm³/mol. The van der Waals surface area contributed by atoms with Gasteiger partial charge in [0, 0.05) is 22.8 Å². The maximum Gasteiger partial charge on any atom is 0.420 e. The van der Waals surface area contributed by atoms with Crippen LogP contribution < -0.4 is 0 Å². The van der Waals surface area contributed by atoms with Crippen molar-refractivity contribution in [2.24, 2.45) is 0 Å². The van der Waals surface area contributed by atoms with Crippen LogP contribution in [0, 0.1) is 5.82 Å². The van der Waals surface area contributed by atoms with E-state index in [9.17, 15) is 17.6 Å². The summed E-state index contributed by atoms with van der Waals surface area (Å²) in [6, 6.07) is 5.05. The van der Waals surface area contributed by atoms with Crippen LogP contribution in [0.3, 0.4) is 0 Å². The quantitative estimate of drug-likeness (QED) is 0.659. The van der Waals surface area contributed by atoms with Crippen LogP contribution in [0.5, 0.6) is 0 Å². The highest BCUT2D eigenvalue weighted by molar-refractivity contribution is 6.35. The molecule has 1 aromatic carbocycles. The number of nitrogens with zero attached hydrogens (tertiary/aromatic N) is 1. The lowest BCUT2D eigenvalue weighted by Gasteiger charge is -2.09. The van der Waals surface area contributed by atoms with Gasteiger partial charge in [0.1, 0.15) is 11.4 Å². The number of aromatic nitrogens is 1. The molecule has 1 aromatic heterocycles. The van der Waals surface area contributed by atoms with Gasteiger partial charge in [-0.3, -0.25) is 4.98 Å². The number of pyridine rings is 1. The van der Waals surface area contributed by atoms with Crippen LogP contribution in [0.15, 0.2) is 30.5 Å². The monoisotopic (exact) mass is 309 g/mol. The SMILES string of the molecule is Fc1cc(-c2cc(Cl)ccc2Cl)ncc1C(F)(F)F. The molecule has 0 fully saturated rings. The van der Waals surface area contributed by atoms with E-state index >= 15 is 0 Å². The summed E-state index contributed by atoms with van der Waals surface area (Å²) in [7, 11) is 0. The fraction of sp³-hybridized carbons (Fsp3) is 0.0833. The number of halogens is 6. The average molecular weight is 310 g/mol. The molecule has 19 heavy (non-hydrogen) atoms. The van der Waals surface area contributed by atoms with Crippen molar-refractivity contribution in [1.29, 1.82) is 0 Å². The third-order valence-electron chi connectivity index (χ3n) is 2.36. The van der Waals surface area contributed by atoms with E-state index in [1.807, 2.05) is 0 Å². The predicted octanol–water partition coefficient (Wildman–Crippen LogP) is 5.21. The van der Waals surface area contributed by atoms with Crippen molar-refractivity contribution in [1.82, 2.24) is 4.98 Å². The summed E-state index contributed by atoms with van der Waals surface area (Å²) < 4.78 is 50.6. The first-order valence-electron chi connectivity index (χ1n) is 4.97. The van der Waals surface area contributed by atoms with Crippen LogP contribution in [-0.4, -0.2) is 4.98 Å². The third-order valence-corrected chi connectivity index (χ3v) is 2.93. The van der Waals surface area contributed by atoms with Gasteiger partial charge in [-0.05, 0) is 18.2 Å². The molecule has 1 nitrogen and oxygen atoms in total. The Bertz CT molecular complexity index is 626. The lowest BCUT2D eigenvalue weighted by Crippen LogP contribution is -2.09. The van der Waals surface area contributed by atoms with Crippen LogP contribution >= 0.6 is 23.2 Å². The molecule has 0 atom stereocenters. The third kappa shape index (κ3) is 2.98. The Labute approximate surface area is 115 Å². The van der Waals surface area contributed by atoms with Crippen LogP contribution in [0.25, 0.3) is 11.3 Å². The molecule has 1 heterocycles. The van der Waals surface area contributed by atoms with E-state index in [-0.39, 0.29) is 16.3 Å². The van der Waals surface area contributed by atoms with E-state index in [0.29, 0.717) is 17.3 Å². The first kappa shape index (κ1) is 14.1. The summed E-state index contributed by atoms with van der Waals surface area (Å²) in [6.07, 6.45) is -4.35. The highest BCUT2D eigenvalue weighted by Crippen LogP contribution is 2.34. The van der Waals surface area contributed by atoms with E-state index in [1.165, 1.54) is 18.2 Å². The second kappa shape index (κ2) is 4.98. The van der Waals surface area contributed by atoms with Gasteiger partial charge in [0.05, 0.1) is 10.7 Å². The molecule has 100 valence electrons. The van der Waals surface area contributed by atoms with Crippen molar-refractivity contribution in [3.05, 3.63) is 51.9 Å². The molecule has 0 aliphatic rings. The summed E-state index contributed by atoms with van der Waals surface area (Å²) in [5, 5.41) is 0.539. The number of hydrogen-bond acceptors (Lipinski definition) is 1. The molecule has 0 saturated carbocycles. The summed E-state index contributed by atoms with van der Waals surface area (Å²) in [5.74, 6) is -1.41. The van der Waals surface area contributed by atoms with Crippen molar-refractivity contribution >= 4 is 23.2 Å². The Balaban J connectivity index is 2.54. The van der Waals surface area contributed by atoms with Crippen molar-refractivity contribution in [2.75, 3.05) is 0 Å². The van der Waals surface area contributed by atoms with Gasteiger partial charge in [0.25, 0.3) is 0 Å². The summed E-state index contributed by atoms with van der Waals surface area (Å²) in [5.41, 5.74) is -1.17. The van der Waals surface area contributed by atoms with Crippen LogP contribution in [0.4, 0.5) is 17.6 Å². The molecule has 0 radical (unpaired) electrons. The second-order valence-electron chi connectivity index (χ2n) is 3.67. The smallest absolute Gasteiger partial charge is 0.255 e. The van der Waals surface area contributed by atoms with Crippen molar-refractivity contribution in [2.45, 2.75) is 6.18 Å². The zero-order chi connectivity index (χ0) is 14.2. The van der Waals surface area contributed by atoms with Crippen molar-refractivity contribution < 1.29 is 17.6 Å². The zero-order valence-corrected chi connectivity index (χ0v) is 10.6. The highest BCUT2D eigenvalue weighted by Gasteiger charge is 2.34. The Morgan fingerprint density at radius 3 is 2.32 bits per heavy atom. The van der Waals surface area contributed by atoms with E-state index in [2.05, 4.69) is 4.98 Å². The Morgan fingerprint density at radius 2 is 1.74 bits per heavy atom. The van der Waals surface area contributed by atoms with Gasteiger partial charge in [-0.25, -0.2) is 4.39 Å². The molecule has 0 unspecified atom stereocenters. The summed E-state index contributed by atoms with van der Waals surface area (Å²) in [6.45, 7) is 0. The summed E-state index contributed by atoms with van der Waals surface area (Å²) >= 11 is 11.6. The first-order valence-corrected chi connectivity index (χ1v) is 5.73. The van der Waals surface area contributed by atoms with E-state index in [4.69, 9.17) is 23.2 Å². The lowest BCUT2D eigenvalue weighted by atomic mass is 10.1. The molecule has 0 saturated heterocycles. The molecule has 2 rings (SSSR count). The Kier molecular flexibility index (Phi) is 3.69. The number of rotatable bonds is 1. The van der Waals surface area contributed by atoms with Crippen LogP contribution in [0.2, 0.25) is 10.0 Å². The van der Waals surface area contributed by atoms with Gasteiger partial charge < -0.3 is 0 Å². The van der Waals surface area contributed by atoms with Gasteiger partial charge in [-0.2, -0.15) is 13.2 Å². The Hall–Kier alpha value is -1.33. The molecule has 0 N–H and O–H groups in total. The fourth-order valence-electron chi connectivity index (χ4n) is 1.48. The second-order valence-corrected chi connectivity index (χ2v) is 4.51. The lowest BCUT2D eigenvalue weighted by molar-refractivity contribution is -0.140. The van der Waals surface area contributed by atoms with Gasteiger partial charge in [0.15, 0.2) is 0 Å². The number of alkyl halides is 3. The summed E-state index contributed by atoms with van der Waals surface area (Å²) in [4.78, 5) is 3.58. The van der Waals surface area contributed by atoms with Crippen molar-refractivity contribution in [3.8, 4) is 11.3 Å². The van der Waals surface area contributed by atoms with E-state index in [0.717, 1.165) is 0 Å². The molecule has 2 aromatic rings. The fourth-order valence-corrected chi connectivity index (χ4v) is 1.87. The molecular weight excluding hydrogens is 305 g/mol. The van der Waals surface area contributed by atoms with Crippen LogP contribution in [-0.2, 0) is 6.18 Å². The van der Waals surface area contributed by atoms with Gasteiger partial charge in [-0.1, -0.05) is 23.2 Å². The van der Waals surface area contributed by atoms with Gasteiger partial charge >= 0.3 is 6.18 Å². The zero-order valence-electron chi connectivity index (χ0n) is 9.10. The Morgan fingerprint density at radius 1 is 1.05 bits per heavy atom. The molecule has 0 amide bonds. The number of hydrogen-bond donors (Lipinski definition) is 0. The van der Waals surface area contributed by atoms with Gasteiger partial charge in [0.2, 0.25) is 0 Å². The molecule has 7 heteroatoms. The van der Waals surface area contributed by atoms with Crippen LogP contribution in [0.1, 0.15) is 5.56 Å². The molecule has 0 aliphatic heterocycles. The number of benzene rings is 1. The molecule has 0 spiro atoms. The van der Waals surface area contributed by atoms with E-state index < -0.39 is 17.6 Å². The molecule has 0 aliphatic carbocycles. The average Bonchev–Trinajstić information content (AvgIpc) is 2.30. The molecule has 0 bridgehead atoms. The highest BCUT2D eigenvalue weighted by atomic mass is 35.5. The maximum atomic E-state index is 13.4. The first-order chi connectivity index (χ1) is 8.79. The maximum absolute atomic E-state index is 13.4. The topological polar surface area (TPSA) is 12.9 Å². The largest absolute Gasteiger partial charge is 0.420 e. The van der Waals surface area contributed by atoms with Gasteiger partial charge in [-0.15, -0.1) is 0 Å². The minimum atomic E-state index is -4.78. The normalized spacial score (nSPS) is 11.7. The minimum absolute atomic E-state index is 0.0157. The standard InChI is InChI=1S/C12H5Cl2F4N/c13-6-1-2-9(14)7(3-6)11-4-10(15)8(5-19-11)12(16,17)18/h1-5H. The minimum Gasteiger partial charge on any atom is -0.255 e. The van der Waals surface area contributed by atoms with Crippen molar-refractivity contribution in [3.63, 3.8) is 0 Å². The van der Waals surface area contributed by atoms with E-state index in [1.54, 1.807) is 0 Å². The molecular formula is C12H5Cl2F4N.